The molecule has 2 aromatic rings. The van der Waals surface area contributed by atoms with Crippen LogP contribution in [0.15, 0.2) is 38.3 Å². The molecule has 0 spiro atoms. The van der Waals surface area contributed by atoms with Crippen LogP contribution in [0, 0.1) is 13.8 Å². The second-order valence-electron chi connectivity index (χ2n) is 4.01. The zero-order chi connectivity index (χ0) is 13.8. The molecule has 0 atom stereocenters. The van der Waals surface area contributed by atoms with Gasteiger partial charge in [0, 0.05) is 20.9 Å². The number of nitrogens with one attached hydrogen (secondary N) is 1. The van der Waals surface area contributed by atoms with Crippen molar-refractivity contribution in [2.75, 3.05) is 11.0 Å². The Morgan fingerprint density at radius 2 is 2.00 bits per heavy atom. The molecule has 0 aliphatic heterocycles. The Bertz CT molecular complexity index is 566. The van der Waals surface area contributed by atoms with E-state index in [4.69, 9.17) is 5.14 Å². The largest absolute Gasteiger partial charge is 0.329 e. The quantitative estimate of drug-likeness (QED) is 0.741. The molecule has 0 amide bonds. The Morgan fingerprint density at radius 3 is 2.58 bits per heavy atom. The van der Waals surface area contributed by atoms with Crippen LogP contribution in [0.25, 0.3) is 0 Å². The summed E-state index contributed by atoms with van der Waals surface area (Å²) in [5.41, 5.74) is 2.48. The lowest BCUT2D eigenvalue weighted by Crippen LogP contribution is -1.89. The predicted molar refractivity (Wildman–Crippen MR) is 91.5 cm³/mol. The van der Waals surface area contributed by atoms with E-state index in [1.54, 1.807) is 23.7 Å². The molecule has 6 heteroatoms. The first-order valence-corrected chi connectivity index (χ1v) is 9.42. The minimum Gasteiger partial charge on any atom is -0.329 e. The molecule has 1 aromatic carbocycles. The Labute approximate surface area is 131 Å². The highest BCUT2D eigenvalue weighted by molar-refractivity contribution is 8.02. The van der Waals surface area contributed by atoms with Gasteiger partial charge in [-0.2, -0.15) is 0 Å². The summed E-state index contributed by atoms with van der Waals surface area (Å²) in [7, 11) is 0. The maximum atomic E-state index is 5.65. The predicted octanol–water partition coefficient (Wildman–Crippen LogP) is 5.17. The highest BCUT2D eigenvalue weighted by Crippen LogP contribution is 2.41. The van der Waals surface area contributed by atoms with Gasteiger partial charge in [-0.25, -0.2) is 0 Å². The van der Waals surface area contributed by atoms with Gasteiger partial charge in [-0.15, -0.1) is 11.3 Å². The number of thiophene rings is 1. The smallest absolute Gasteiger partial charge is 0.0679 e. The summed E-state index contributed by atoms with van der Waals surface area (Å²) in [6, 6.07) is 8.50. The van der Waals surface area contributed by atoms with Crippen LogP contribution in [-0.4, -0.2) is 6.26 Å². The fourth-order valence-corrected chi connectivity index (χ4v) is 4.96. The second-order valence-corrected chi connectivity index (χ2v) is 7.90. The molecule has 0 aliphatic rings. The average Bonchev–Trinajstić information content (AvgIpc) is 2.70. The number of rotatable bonds is 5. The summed E-state index contributed by atoms with van der Waals surface area (Å²) in [6.45, 7) is 4.31. The molecular weight excluding hydrogens is 312 g/mol. The molecule has 1 heterocycles. The van der Waals surface area contributed by atoms with Gasteiger partial charge in [0.25, 0.3) is 0 Å². The first kappa shape index (κ1) is 15.1. The summed E-state index contributed by atoms with van der Waals surface area (Å²) in [5, 5.41) is 5.65. The van der Waals surface area contributed by atoms with E-state index in [0.29, 0.717) is 0 Å². The maximum absolute atomic E-state index is 5.65. The molecule has 2 nitrogen and oxygen atoms in total. The van der Waals surface area contributed by atoms with Crippen molar-refractivity contribution in [2.24, 2.45) is 5.14 Å². The molecule has 2 rings (SSSR count). The van der Waals surface area contributed by atoms with Crippen molar-refractivity contribution in [3.8, 4) is 0 Å². The highest BCUT2D eigenvalue weighted by atomic mass is 32.2. The van der Waals surface area contributed by atoms with Crippen LogP contribution in [0.5, 0.6) is 0 Å². The minimum atomic E-state index is 1.08. The van der Waals surface area contributed by atoms with E-state index < -0.39 is 0 Å². The minimum absolute atomic E-state index is 1.08. The fourth-order valence-electron chi connectivity index (χ4n) is 1.68. The third-order valence-corrected chi connectivity index (χ3v) is 5.96. The molecule has 0 saturated heterocycles. The van der Waals surface area contributed by atoms with Crippen molar-refractivity contribution in [1.82, 2.24) is 0 Å². The van der Waals surface area contributed by atoms with Gasteiger partial charge in [0.1, 0.15) is 0 Å². The summed E-state index contributed by atoms with van der Waals surface area (Å²) >= 11 is 6.53. The zero-order valence-electron chi connectivity index (χ0n) is 11.0. The fraction of sp³-hybridized carbons (Fsp3) is 0.231. The summed E-state index contributed by atoms with van der Waals surface area (Å²) in [5.74, 6) is 0. The van der Waals surface area contributed by atoms with Gasteiger partial charge in [0.2, 0.25) is 0 Å². The van der Waals surface area contributed by atoms with Gasteiger partial charge >= 0.3 is 0 Å². The third kappa shape index (κ3) is 3.86. The molecule has 0 bridgehead atoms. The molecule has 19 heavy (non-hydrogen) atoms. The van der Waals surface area contributed by atoms with E-state index in [9.17, 15) is 0 Å². The van der Waals surface area contributed by atoms with E-state index >= 15 is 0 Å². The lowest BCUT2D eigenvalue weighted by Gasteiger charge is -2.10. The summed E-state index contributed by atoms with van der Waals surface area (Å²) in [4.78, 5) is 3.65. The Balaban J connectivity index is 2.33. The number of aryl methyl sites for hydroxylation is 2. The van der Waals surface area contributed by atoms with Crippen molar-refractivity contribution in [1.29, 1.82) is 0 Å². The first-order valence-electron chi connectivity index (χ1n) is 5.68. The number of hydrogen-bond acceptors (Lipinski definition) is 6. The van der Waals surface area contributed by atoms with Gasteiger partial charge in [-0.3, -0.25) is 5.14 Å². The third-order valence-electron chi connectivity index (χ3n) is 2.50. The molecule has 0 fully saturated rings. The molecule has 0 saturated carbocycles. The van der Waals surface area contributed by atoms with Gasteiger partial charge in [0.05, 0.1) is 9.90 Å². The molecule has 0 radical (unpaired) electrons. The SMILES string of the molecule is CSNc1ccc(SN)cc1Sc1sc(C)cc1C. The van der Waals surface area contributed by atoms with Crippen LogP contribution in [-0.2, 0) is 0 Å². The summed E-state index contributed by atoms with van der Waals surface area (Å²) < 4.78 is 4.67. The van der Waals surface area contributed by atoms with Crippen molar-refractivity contribution >= 4 is 52.7 Å². The van der Waals surface area contributed by atoms with Crippen molar-refractivity contribution in [3.05, 3.63) is 34.7 Å². The Morgan fingerprint density at radius 1 is 1.21 bits per heavy atom. The topological polar surface area (TPSA) is 38.0 Å². The van der Waals surface area contributed by atoms with Crippen LogP contribution in [0.4, 0.5) is 5.69 Å². The molecular formula is C13H16N2S4. The highest BCUT2D eigenvalue weighted by Gasteiger charge is 2.10. The van der Waals surface area contributed by atoms with E-state index in [1.165, 1.54) is 31.5 Å². The summed E-state index contributed by atoms with van der Waals surface area (Å²) in [6.07, 6.45) is 2.03. The van der Waals surface area contributed by atoms with Crippen molar-refractivity contribution in [2.45, 2.75) is 27.8 Å². The molecule has 3 N–H and O–H groups in total. The monoisotopic (exact) mass is 328 g/mol. The van der Waals surface area contributed by atoms with Gasteiger partial charge < -0.3 is 4.72 Å². The van der Waals surface area contributed by atoms with Crippen LogP contribution in [0.3, 0.4) is 0 Å². The average molecular weight is 329 g/mol. The number of hydrogen-bond donors (Lipinski definition) is 2. The Kier molecular flexibility index (Phi) is 5.53. The van der Waals surface area contributed by atoms with Crippen molar-refractivity contribution < 1.29 is 0 Å². The van der Waals surface area contributed by atoms with Crippen molar-refractivity contribution in [3.63, 3.8) is 0 Å². The lowest BCUT2D eigenvalue weighted by atomic mass is 10.3. The van der Waals surface area contributed by atoms with Crippen LogP contribution < -0.4 is 9.86 Å². The van der Waals surface area contributed by atoms with Gasteiger partial charge in [-0.05, 0) is 55.6 Å². The van der Waals surface area contributed by atoms with E-state index in [2.05, 4.69) is 36.8 Å². The Hall–Kier alpha value is -0.270. The zero-order valence-corrected chi connectivity index (χ0v) is 14.3. The first-order chi connectivity index (χ1) is 9.13. The number of benzene rings is 1. The molecule has 1 aromatic heterocycles. The van der Waals surface area contributed by atoms with Crippen LogP contribution >= 0.6 is 47.0 Å². The normalized spacial score (nSPS) is 10.7. The molecule has 102 valence electrons. The number of anilines is 1. The van der Waals surface area contributed by atoms with E-state index in [1.807, 2.05) is 23.7 Å². The van der Waals surface area contributed by atoms with Crippen LogP contribution in [0.2, 0.25) is 0 Å². The van der Waals surface area contributed by atoms with E-state index in [0.717, 1.165) is 10.6 Å². The standard InChI is InChI=1S/C13H16N2S4/c1-8-6-9(2)17-13(8)18-12-7-10(19-14)4-5-11(12)15-16-3/h4-7,15H,14H2,1-3H3. The molecule has 0 unspecified atom stereocenters. The maximum Gasteiger partial charge on any atom is 0.0679 e. The lowest BCUT2D eigenvalue weighted by molar-refractivity contribution is 1.33. The second kappa shape index (κ2) is 6.95. The number of nitrogens with two attached hydrogens (primary N) is 1. The van der Waals surface area contributed by atoms with E-state index in [-0.39, 0.29) is 0 Å². The van der Waals surface area contributed by atoms with Gasteiger partial charge in [-0.1, -0.05) is 23.7 Å². The van der Waals surface area contributed by atoms with Gasteiger partial charge in [0.15, 0.2) is 0 Å². The molecule has 0 aliphatic carbocycles. The van der Waals surface area contributed by atoms with Crippen LogP contribution in [0.1, 0.15) is 10.4 Å².